The Hall–Kier alpha value is -3.12. The lowest BCUT2D eigenvalue weighted by molar-refractivity contribution is 0.0955. The zero-order valence-electron chi connectivity index (χ0n) is 13.9. The van der Waals surface area contributed by atoms with Crippen molar-refractivity contribution in [2.24, 2.45) is 0 Å². The Balaban J connectivity index is 1.60. The molecular weight excluding hydrogens is 352 g/mol. The van der Waals surface area contributed by atoms with Crippen molar-refractivity contribution in [3.8, 4) is 5.69 Å². The molecule has 0 spiro atoms. The van der Waals surface area contributed by atoms with Crippen molar-refractivity contribution in [3.63, 3.8) is 0 Å². The highest BCUT2D eigenvalue weighted by Crippen LogP contribution is 2.16. The van der Waals surface area contributed by atoms with Crippen molar-refractivity contribution < 1.29 is 4.79 Å². The zero-order valence-corrected chi connectivity index (χ0v) is 14.6. The van der Waals surface area contributed by atoms with Crippen LogP contribution in [0.25, 0.3) is 5.69 Å². The maximum atomic E-state index is 12.4. The lowest BCUT2D eigenvalue weighted by atomic mass is 10.2. The summed E-state index contributed by atoms with van der Waals surface area (Å²) < 4.78 is 1.24. The van der Waals surface area contributed by atoms with E-state index in [1.807, 2.05) is 24.3 Å². The topological polar surface area (TPSA) is 76.0 Å². The molecule has 1 amide bonds. The van der Waals surface area contributed by atoms with Gasteiger partial charge in [-0.15, -0.1) is 0 Å². The molecular formula is C19H17ClN4O2. The number of nitrogens with one attached hydrogen (secondary N) is 2. The largest absolute Gasteiger partial charge is 0.381 e. The number of benzene rings is 2. The molecule has 0 unspecified atom stereocenters. The van der Waals surface area contributed by atoms with Gasteiger partial charge in [0.1, 0.15) is 5.02 Å². The molecule has 0 aliphatic rings. The molecule has 1 aromatic heterocycles. The van der Waals surface area contributed by atoms with Gasteiger partial charge in [0.2, 0.25) is 0 Å². The summed E-state index contributed by atoms with van der Waals surface area (Å²) in [5.74, 6) is -0.156. The van der Waals surface area contributed by atoms with Crippen molar-refractivity contribution in [2.75, 3.05) is 18.4 Å². The Kier molecular flexibility index (Phi) is 5.66. The molecule has 0 saturated carbocycles. The van der Waals surface area contributed by atoms with Crippen LogP contribution in [-0.2, 0) is 0 Å². The van der Waals surface area contributed by atoms with Crippen LogP contribution in [0, 0.1) is 0 Å². The third kappa shape index (κ3) is 4.10. The van der Waals surface area contributed by atoms with Crippen LogP contribution in [0.2, 0.25) is 5.02 Å². The maximum Gasteiger partial charge on any atom is 0.292 e. The van der Waals surface area contributed by atoms with Gasteiger partial charge in [-0.1, -0.05) is 48.0 Å². The number of rotatable bonds is 6. The van der Waals surface area contributed by atoms with Gasteiger partial charge in [-0.05, 0) is 24.3 Å². The predicted octanol–water partition coefficient (Wildman–Crippen LogP) is 2.73. The highest BCUT2D eigenvalue weighted by Gasteiger charge is 2.10. The number of para-hydroxylation sites is 1. The quantitative estimate of drug-likeness (QED) is 0.656. The van der Waals surface area contributed by atoms with E-state index in [1.165, 1.54) is 10.9 Å². The zero-order chi connectivity index (χ0) is 18.4. The number of nitrogens with zero attached hydrogens (tertiary/aromatic N) is 2. The van der Waals surface area contributed by atoms with Crippen LogP contribution in [0.15, 0.2) is 71.7 Å². The Bertz CT molecular complexity index is 943. The van der Waals surface area contributed by atoms with Gasteiger partial charge in [0.05, 0.1) is 17.6 Å². The van der Waals surface area contributed by atoms with Crippen LogP contribution in [0.4, 0.5) is 5.69 Å². The summed E-state index contributed by atoms with van der Waals surface area (Å²) in [5.41, 5.74) is 1.26. The minimum absolute atomic E-state index is 0.0539. The molecule has 0 aliphatic carbocycles. The molecule has 26 heavy (non-hydrogen) atoms. The first kappa shape index (κ1) is 17.7. The number of halogens is 1. The summed E-state index contributed by atoms with van der Waals surface area (Å²) in [7, 11) is 0. The van der Waals surface area contributed by atoms with Crippen LogP contribution in [0.5, 0.6) is 0 Å². The number of anilines is 1. The second kappa shape index (κ2) is 8.31. The Morgan fingerprint density at radius 3 is 2.35 bits per heavy atom. The summed E-state index contributed by atoms with van der Waals surface area (Å²) >= 11 is 6.16. The summed E-state index contributed by atoms with van der Waals surface area (Å²) in [4.78, 5) is 24.3. The predicted molar refractivity (Wildman–Crippen MR) is 102 cm³/mol. The van der Waals surface area contributed by atoms with Crippen LogP contribution in [-0.4, -0.2) is 28.8 Å². The first-order valence-corrected chi connectivity index (χ1v) is 8.45. The molecule has 0 saturated heterocycles. The van der Waals surface area contributed by atoms with Gasteiger partial charge in [-0.3, -0.25) is 9.59 Å². The lowest BCUT2D eigenvalue weighted by Crippen LogP contribution is -2.29. The van der Waals surface area contributed by atoms with E-state index in [0.717, 1.165) is 0 Å². The summed E-state index contributed by atoms with van der Waals surface area (Å²) in [6.07, 6.45) is 1.50. The van der Waals surface area contributed by atoms with Crippen LogP contribution >= 0.6 is 11.6 Å². The molecule has 0 atom stereocenters. The van der Waals surface area contributed by atoms with Gasteiger partial charge in [0, 0.05) is 18.7 Å². The van der Waals surface area contributed by atoms with Crippen molar-refractivity contribution in [2.45, 2.75) is 0 Å². The van der Waals surface area contributed by atoms with Gasteiger partial charge < -0.3 is 10.6 Å². The number of hydrogen-bond acceptors (Lipinski definition) is 4. The van der Waals surface area contributed by atoms with Crippen molar-refractivity contribution in [1.29, 1.82) is 0 Å². The Labute approximate surface area is 155 Å². The highest BCUT2D eigenvalue weighted by molar-refractivity contribution is 6.32. The number of amides is 1. The van der Waals surface area contributed by atoms with Crippen LogP contribution in [0.3, 0.4) is 0 Å². The molecule has 2 N–H and O–H groups in total. The van der Waals surface area contributed by atoms with Crippen LogP contribution < -0.4 is 16.2 Å². The molecule has 2 aromatic carbocycles. The number of aromatic nitrogens is 2. The van der Waals surface area contributed by atoms with Gasteiger partial charge >= 0.3 is 0 Å². The average molecular weight is 369 g/mol. The molecule has 1 heterocycles. The van der Waals surface area contributed by atoms with Crippen LogP contribution in [0.1, 0.15) is 10.4 Å². The molecule has 0 aliphatic heterocycles. The van der Waals surface area contributed by atoms with Crippen molar-refractivity contribution >= 4 is 23.2 Å². The van der Waals surface area contributed by atoms with E-state index in [4.69, 9.17) is 11.6 Å². The second-order valence-corrected chi connectivity index (χ2v) is 5.85. The standard InChI is InChI=1S/C19H17ClN4O2/c20-17-16(13-23-24(19(17)26)15-9-5-2-6-10-15)21-11-12-22-18(25)14-7-3-1-4-8-14/h1-10,13,21H,11-12H2,(H,22,25). The fourth-order valence-corrected chi connectivity index (χ4v) is 2.57. The molecule has 0 fully saturated rings. The summed E-state index contributed by atoms with van der Waals surface area (Å²) in [6.45, 7) is 0.792. The second-order valence-electron chi connectivity index (χ2n) is 5.47. The van der Waals surface area contributed by atoms with E-state index in [2.05, 4.69) is 15.7 Å². The van der Waals surface area contributed by atoms with Crippen molar-refractivity contribution in [1.82, 2.24) is 15.1 Å². The summed E-state index contributed by atoms with van der Waals surface area (Å²) in [6, 6.07) is 18.0. The monoisotopic (exact) mass is 368 g/mol. The molecule has 3 rings (SSSR count). The van der Waals surface area contributed by atoms with Crippen molar-refractivity contribution in [3.05, 3.63) is 87.8 Å². The normalized spacial score (nSPS) is 10.3. The third-order valence-corrected chi connectivity index (χ3v) is 4.05. The van der Waals surface area contributed by atoms with Gasteiger partial charge in [-0.2, -0.15) is 9.78 Å². The Morgan fingerprint density at radius 2 is 1.65 bits per heavy atom. The average Bonchev–Trinajstić information content (AvgIpc) is 2.69. The molecule has 6 nitrogen and oxygen atoms in total. The van der Waals surface area contributed by atoms with Gasteiger partial charge in [0.25, 0.3) is 11.5 Å². The van der Waals surface area contributed by atoms with E-state index in [1.54, 1.807) is 36.4 Å². The third-order valence-electron chi connectivity index (χ3n) is 3.68. The van der Waals surface area contributed by atoms with Gasteiger partial charge in [-0.25, -0.2) is 0 Å². The Morgan fingerprint density at radius 1 is 1.00 bits per heavy atom. The summed E-state index contributed by atoms with van der Waals surface area (Å²) in [5, 5.41) is 10.0. The first-order valence-electron chi connectivity index (χ1n) is 8.07. The SMILES string of the molecule is O=C(NCCNc1cnn(-c2ccccc2)c(=O)c1Cl)c1ccccc1. The van der Waals surface area contributed by atoms with E-state index < -0.39 is 5.56 Å². The fourth-order valence-electron chi connectivity index (χ4n) is 2.37. The number of hydrogen-bond donors (Lipinski definition) is 2. The fraction of sp³-hybridized carbons (Fsp3) is 0.105. The maximum absolute atomic E-state index is 12.4. The number of carbonyl (C=O) groups excluding carboxylic acids is 1. The highest BCUT2D eigenvalue weighted by atomic mass is 35.5. The molecule has 0 bridgehead atoms. The number of carbonyl (C=O) groups is 1. The van der Waals surface area contributed by atoms with Gasteiger partial charge in [0.15, 0.2) is 0 Å². The lowest BCUT2D eigenvalue weighted by Gasteiger charge is -2.11. The molecule has 3 aromatic rings. The minimum atomic E-state index is -0.406. The van der Waals surface area contributed by atoms with E-state index >= 15 is 0 Å². The molecule has 7 heteroatoms. The smallest absolute Gasteiger partial charge is 0.292 e. The molecule has 0 radical (unpaired) electrons. The van der Waals surface area contributed by atoms with E-state index in [9.17, 15) is 9.59 Å². The van der Waals surface area contributed by atoms with E-state index in [-0.39, 0.29) is 10.9 Å². The molecule has 132 valence electrons. The van der Waals surface area contributed by atoms with E-state index in [0.29, 0.717) is 30.0 Å². The first-order chi connectivity index (χ1) is 12.7. The minimum Gasteiger partial charge on any atom is -0.381 e.